The smallest absolute Gasteiger partial charge is 0.377 e. The Hall–Kier alpha value is -2.02. The van der Waals surface area contributed by atoms with Crippen LogP contribution in [0.25, 0.3) is 11.0 Å². The number of carbonyl (C=O) groups is 2. The third-order valence-electron chi connectivity index (χ3n) is 2.16. The van der Waals surface area contributed by atoms with E-state index in [0.29, 0.717) is 0 Å². The van der Waals surface area contributed by atoms with Crippen LogP contribution >= 0.6 is 11.3 Å². The summed E-state index contributed by atoms with van der Waals surface area (Å²) in [5.41, 5.74) is 0.244. The highest BCUT2D eigenvalue weighted by molar-refractivity contribution is 7.13. The Morgan fingerprint density at radius 1 is 1.29 bits per heavy atom. The van der Waals surface area contributed by atoms with Crippen LogP contribution < -0.4 is 0 Å². The van der Waals surface area contributed by atoms with Crippen molar-refractivity contribution in [2.75, 3.05) is 14.2 Å². The Kier molecular flexibility index (Phi) is 2.76. The van der Waals surface area contributed by atoms with Gasteiger partial charge in [-0.15, -0.1) is 11.3 Å². The van der Waals surface area contributed by atoms with Gasteiger partial charge in [-0.05, 0) is 0 Å². The first kappa shape index (κ1) is 11.5. The molecule has 0 radical (unpaired) electrons. The fourth-order valence-corrected chi connectivity index (χ4v) is 2.27. The van der Waals surface area contributed by atoms with Crippen molar-refractivity contribution in [3.8, 4) is 5.75 Å². The van der Waals surface area contributed by atoms with Crippen LogP contribution in [0, 0.1) is 0 Å². The van der Waals surface area contributed by atoms with Gasteiger partial charge in [0.05, 0.1) is 19.6 Å². The van der Waals surface area contributed by atoms with Crippen LogP contribution in [0.4, 0.5) is 0 Å². The number of methoxy groups -OCH3 is 2. The van der Waals surface area contributed by atoms with Crippen LogP contribution in [0.3, 0.4) is 0 Å². The fraction of sp³-hybridized carbons (Fsp3) is 0.200. The minimum absolute atomic E-state index is 0.169. The average molecular weight is 256 g/mol. The molecule has 2 aromatic heterocycles. The largest absolute Gasteiger partial charge is 0.504 e. The van der Waals surface area contributed by atoms with Crippen LogP contribution in [-0.2, 0) is 9.47 Å². The van der Waals surface area contributed by atoms with E-state index in [2.05, 4.69) is 9.47 Å². The van der Waals surface area contributed by atoms with Gasteiger partial charge in [0.2, 0.25) is 0 Å². The maximum absolute atomic E-state index is 11.4. The summed E-state index contributed by atoms with van der Waals surface area (Å²) >= 11 is 1.06. The lowest BCUT2D eigenvalue weighted by atomic mass is 10.2. The molecule has 2 rings (SSSR count). The number of esters is 2. The van der Waals surface area contributed by atoms with E-state index in [-0.39, 0.29) is 21.6 Å². The number of hydrogen-bond acceptors (Lipinski definition) is 7. The highest BCUT2D eigenvalue weighted by Gasteiger charge is 2.26. The number of furan rings is 1. The number of rotatable bonds is 2. The molecule has 2 aromatic rings. The molecule has 0 aliphatic rings. The quantitative estimate of drug-likeness (QED) is 0.824. The predicted molar refractivity (Wildman–Crippen MR) is 58.4 cm³/mol. The summed E-state index contributed by atoms with van der Waals surface area (Å²) in [6, 6.07) is 0. The van der Waals surface area contributed by atoms with Gasteiger partial charge < -0.3 is 19.0 Å². The Balaban J connectivity index is 2.64. The molecule has 0 unspecified atom stereocenters. The summed E-state index contributed by atoms with van der Waals surface area (Å²) in [4.78, 5) is 22.9. The van der Waals surface area contributed by atoms with Gasteiger partial charge >= 0.3 is 11.9 Å². The van der Waals surface area contributed by atoms with Crippen molar-refractivity contribution in [1.82, 2.24) is 0 Å². The van der Waals surface area contributed by atoms with Crippen molar-refractivity contribution in [3.05, 3.63) is 16.0 Å². The van der Waals surface area contributed by atoms with Gasteiger partial charge in [-0.3, -0.25) is 0 Å². The van der Waals surface area contributed by atoms with Gasteiger partial charge in [0, 0.05) is 5.38 Å². The average Bonchev–Trinajstić information content (AvgIpc) is 2.88. The van der Waals surface area contributed by atoms with E-state index in [0.717, 1.165) is 11.3 Å². The molecule has 90 valence electrons. The number of fused-ring (bicyclic) bond motifs is 1. The Labute approximate surface area is 99.4 Å². The zero-order valence-electron chi connectivity index (χ0n) is 8.97. The van der Waals surface area contributed by atoms with Crippen molar-refractivity contribution in [3.63, 3.8) is 0 Å². The first-order valence-corrected chi connectivity index (χ1v) is 5.37. The lowest BCUT2D eigenvalue weighted by molar-refractivity contribution is 0.0561. The summed E-state index contributed by atoms with van der Waals surface area (Å²) in [5, 5.41) is 11.5. The van der Waals surface area contributed by atoms with Crippen LogP contribution in [0.2, 0.25) is 0 Å². The van der Waals surface area contributed by atoms with Crippen LogP contribution in [0.1, 0.15) is 20.2 Å². The fourth-order valence-electron chi connectivity index (χ4n) is 1.39. The van der Waals surface area contributed by atoms with Crippen LogP contribution in [-0.4, -0.2) is 31.3 Å². The lowest BCUT2D eigenvalue weighted by Crippen LogP contribution is -2.00. The second-order valence-electron chi connectivity index (χ2n) is 3.07. The summed E-state index contributed by atoms with van der Waals surface area (Å²) in [6.07, 6.45) is 0. The van der Waals surface area contributed by atoms with E-state index in [4.69, 9.17) is 4.42 Å². The summed E-state index contributed by atoms with van der Waals surface area (Å²) in [7, 11) is 2.39. The molecule has 0 saturated carbocycles. The molecule has 1 N–H and O–H groups in total. The van der Waals surface area contributed by atoms with E-state index >= 15 is 0 Å². The molecule has 0 spiro atoms. The van der Waals surface area contributed by atoms with E-state index in [1.165, 1.54) is 19.6 Å². The molecule has 0 aromatic carbocycles. The molecule has 0 fully saturated rings. The number of carbonyl (C=O) groups excluding carboxylic acids is 2. The molecule has 17 heavy (non-hydrogen) atoms. The van der Waals surface area contributed by atoms with Gasteiger partial charge in [0.1, 0.15) is 4.88 Å². The lowest BCUT2D eigenvalue weighted by Gasteiger charge is -1.96. The van der Waals surface area contributed by atoms with E-state index in [1.54, 1.807) is 0 Å². The van der Waals surface area contributed by atoms with E-state index in [1.807, 2.05) is 0 Å². The molecule has 0 aliphatic carbocycles. The molecule has 0 aliphatic heterocycles. The number of ether oxygens (including phenoxy) is 2. The van der Waals surface area contributed by atoms with Crippen LogP contribution in [0.15, 0.2) is 9.80 Å². The monoisotopic (exact) mass is 256 g/mol. The molecular weight excluding hydrogens is 248 g/mol. The first-order valence-electron chi connectivity index (χ1n) is 4.49. The third-order valence-corrected chi connectivity index (χ3v) is 3.10. The summed E-state index contributed by atoms with van der Waals surface area (Å²) in [6.45, 7) is 0. The second kappa shape index (κ2) is 4.10. The standard InChI is InChI=1S/C10H8O6S/c1-14-9(12)7-6(11)5-4(16-7)3-17-8(5)10(13)15-2/h3,11H,1-2H3. The van der Waals surface area contributed by atoms with Crippen molar-refractivity contribution in [2.45, 2.75) is 0 Å². The topological polar surface area (TPSA) is 86.0 Å². The van der Waals surface area contributed by atoms with Gasteiger partial charge in [0.25, 0.3) is 5.76 Å². The Morgan fingerprint density at radius 3 is 2.53 bits per heavy atom. The number of aromatic hydroxyl groups is 1. The Bertz CT molecular complexity index is 593. The molecule has 2 heterocycles. The van der Waals surface area contributed by atoms with Crippen molar-refractivity contribution in [2.24, 2.45) is 0 Å². The molecule has 7 heteroatoms. The number of hydrogen-bond donors (Lipinski definition) is 1. The van der Waals surface area contributed by atoms with E-state index < -0.39 is 17.7 Å². The third kappa shape index (κ3) is 1.64. The van der Waals surface area contributed by atoms with Crippen molar-refractivity contribution < 1.29 is 28.6 Å². The molecule has 6 nitrogen and oxygen atoms in total. The predicted octanol–water partition coefficient (Wildman–Crippen LogP) is 1.77. The normalized spacial score (nSPS) is 10.5. The van der Waals surface area contributed by atoms with Crippen molar-refractivity contribution >= 4 is 34.2 Å². The highest BCUT2D eigenvalue weighted by Crippen LogP contribution is 2.38. The molecular formula is C10H8O6S. The Morgan fingerprint density at radius 2 is 1.94 bits per heavy atom. The molecule has 0 atom stereocenters. The number of thiophene rings is 1. The zero-order chi connectivity index (χ0) is 12.6. The minimum Gasteiger partial charge on any atom is -0.504 e. The molecule has 0 amide bonds. The van der Waals surface area contributed by atoms with Gasteiger partial charge in [-0.1, -0.05) is 0 Å². The minimum atomic E-state index is -0.806. The van der Waals surface area contributed by atoms with Gasteiger partial charge in [-0.2, -0.15) is 0 Å². The zero-order valence-corrected chi connectivity index (χ0v) is 9.79. The highest BCUT2D eigenvalue weighted by atomic mass is 32.1. The maximum atomic E-state index is 11.4. The molecule has 0 saturated heterocycles. The SMILES string of the molecule is COC(=O)c1oc2csc(C(=O)OC)c2c1O. The van der Waals surface area contributed by atoms with E-state index in [9.17, 15) is 14.7 Å². The molecule has 0 bridgehead atoms. The van der Waals surface area contributed by atoms with Gasteiger partial charge in [-0.25, -0.2) is 9.59 Å². The summed E-state index contributed by atoms with van der Waals surface area (Å²) in [5.74, 6) is -2.14. The van der Waals surface area contributed by atoms with Gasteiger partial charge in [0.15, 0.2) is 11.3 Å². The van der Waals surface area contributed by atoms with Crippen LogP contribution in [0.5, 0.6) is 5.75 Å². The summed E-state index contributed by atoms with van der Waals surface area (Å²) < 4.78 is 14.1. The maximum Gasteiger partial charge on any atom is 0.377 e. The first-order chi connectivity index (χ1) is 8.10. The second-order valence-corrected chi connectivity index (χ2v) is 3.95. The van der Waals surface area contributed by atoms with Crippen molar-refractivity contribution in [1.29, 1.82) is 0 Å².